The minimum Gasteiger partial charge on any atom is -0.318 e. The maximum Gasteiger partial charge on any atom is 0.0458 e. The lowest BCUT2D eigenvalue weighted by Crippen LogP contribution is -2.31. The van der Waals surface area contributed by atoms with Crippen LogP contribution in [0.15, 0.2) is 23.8 Å². The van der Waals surface area contributed by atoms with Crippen LogP contribution in [0.5, 0.6) is 0 Å². The molecular formula is C10H20N2. The largest absolute Gasteiger partial charge is 0.318 e. The van der Waals surface area contributed by atoms with Crippen LogP contribution < -0.4 is 5.73 Å². The summed E-state index contributed by atoms with van der Waals surface area (Å²) >= 11 is 0. The van der Waals surface area contributed by atoms with Crippen molar-refractivity contribution in [1.82, 2.24) is 4.90 Å². The summed E-state index contributed by atoms with van der Waals surface area (Å²) in [6.07, 6.45) is 6.30. The van der Waals surface area contributed by atoms with Gasteiger partial charge in [-0.15, -0.1) is 0 Å². The maximum absolute atomic E-state index is 5.56. The lowest BCUT2D eigenvalue weighted by Gasteiger charge is -2.17. The minimum absolute atomic E-state index is 0.630. The lowest BCUT2D eigenvalue weighted by atomic mass is 10.2. The normalized spacial score (nSPS) is 13.2. The Labute approximate surface area is 75.7 Å². The van der Waals surface area contributed by atoms with Crippen molar-refractivity contribution in [1.29, 1.82) is 0 Å². The van der Waals surface area contributed by atoms with Crippen molar-refractivity contribution in [2.24, 2.45) is 5.73 Å². The summed E-state index contributed by atoms with van der Waals surface area (Å²) in [5.41, 5.74) is 6.88. The molecule has 0 aromatic heterocycles. The van der Waals surface area contributed by atoms with Gasteiger partial charge in [0.25, 0.3) is 0 Å². The second-order valence-corrected chi connectivity index (χ2v) is 2.69. The summed E-state index contributed by atoms with van der Waals surface area (Å²) in [6, 6.07) is 0. The molecule has 0 atom stereocenters. The van der Waals surface area contributed by atoms with Gasteiger partial charge >= 0.3 is 0 Å². The van der Waals surface area contributed by atoms with E-state index in [0.29, 0.717) is 6.67 Å². The SMILES string of the molecule is C/C=C\C(=C/C)CN(CC)CN. The van der Waals surface area contributed by atoms with Crippen LogP contribution >= 0.6 is 0 Å². The fraction of sp³-hybridized carbons (Fsp3) is 0.600. The van der Waals surface area contributed by atoms with Crippen molar-refractivity contribution in [2.45, 2.75) is 20.8 Å². The van der Waals surface area contributed by atoms with Crippen LogP contribution in [-0.4, -0.2) is 24.7 Å². The molecule has 0 heterocycles. The quantitative estimate of drug-likeness (QED) is 0.500. The van der Waals surface area contributed by atoms with Gasteiger partial charge in [0.2, 0.25) is 0 Å². The molecule has 0 saturated carbocycles. The van der Waals surface area contributed by atoms with E-state index in [1.165, 1.54) is 5.57 Å². The van der Waals surface area contributed by atoms with E-state index in [4.69, 9.17) is 5.73 Å². The number of allylic oxidation sites excluding steroid dienone is 2. The van der Waals surface area contributed by atoms with E-state index in [-0.39, 0.29) is 0 Å². The third-order valence-corrected chi connectivity index (χ3v) is 1.86. The molecule has 2 N–H and O–H groups in total. The van der Waals surface area contributed by atoms with Crippen molar-refractivity contribution in [2.75, 3.05) is 19.8 Å². The predicted molar refractivity (Wildman–Crippen MR) is 54.9 cm³/mol. The van der Waals surface area contributed by atoms with Gasteiger partial charge in [-0.2, -0.15) is 0 Å². The highest BCUT2D eigenvalue weighted by molar-refractivity contribution is 5.18. The van der Waals surface area contributed by atoms with E-state index >= 15 is 0 Å². The summed E-state index contributed by atoms with van der Waals surface area (Å²) in [7, 11) is 0. The third kappa shape index (κ3) is 4.31. The Kier molecular flexibility index (Phi) is 6.72. The number of hydrogen-bond acceptors (Lipinski definition) is 2. The molecule has 0 bridgehead atoms. The molecule has 2 heteroatoms. The molecule has 70 valence electrons. The summed E-state index contributed by atoms with van der Waals surface area (Å²) < 4.78 is 0. The zero-order valence-electron chi connectivity index (χ0n) is 8.38. The van der Waals surface area contributed by atoms with Crippen LogP contribution in [0.3, 0.4) is 0 Å². The first-order valence-electron chi connectivity index (χ1n) is 4.48. The third-order valence-electron chi connectivity index (χ3n) is 1.86. The first-order valence-corrected chi connectivity index (χ1v) is 4.48. The molecule has 2 nitrogen and oxygen atoms in total. The first kappa shape index (κ1) is 11.4. The Morgan fingerprint density at radius 3 is 2.42 bits per heavy atom. The molecule has 0 aliphatic heterocycles. The van der Waals surface area contributed by atoms with E-state index in [9.17, 15) is 0 Å². The standard InChI is InChI=1S/C10H20N2/c1-4-7-10(5-2)8-12(6-3)9-11/h4-5,7H,6,8-9,11H2,1-3H3/b7-4-,10-5+. The van der Waals surface area contributed by atoms with E-state index in [2.05, 4.69) is 37.0 Å². The van der Waals surface area contributed by atoms with Gasteiger partial charge in [-0.3, -0.25) is 4.90 Å². The molecule has 0 aromatic carbocycles. The van der Waals surface area contributed by atoms with Crippen LogP contribution in [-0.2, 0) is 0 Å². The molecule has 0 rings (SSSR count). The summed E-state index contributed by atoms with van der Waals surface area (Å²) in [4.78, 5) is 2.19. The smallest absolute Gasteiger partial charge is 0.0458 e. The summed E-state index contributed by atoms with van der Waals surface area (Å²) in [6.45, 7) is 8.79. The van der Waals surface area contributed by atoms with Gasteiger partial charge in [-0.1, -0.05) is 25.2 Å². The molecule has 0 amide bonds. The van der Waals surface area contributed by atoms with E-state index in [0.717, 1.165) is 13.1 Å². The van der Waals surface area contributed by atoms with Crippen LogP contribution in [0, 0.1) is 0 Å². The first-order chi connectivity index (χ1) is 5.78. The maximum atomic E-state index is 5.56. The highest BCUT2D eigenvalue weighted by atomic mass is 15.2. The van der Waals surface area contributed by atoms with Gasteiger partial charge in [-0.25, -0.2) is 0 Å². The predicted octanol–water partition coefficient (Wildman–Crippen LogP) is 1.75. The van der Waals surface area contributed by atoms with Crippen LogP contribution in [0.25, 0.3) is 0 Å². The Balaban J connectivity index is 4.01. The monoisotopic (exact) mass is 168 g/mol. The number of likely N-dealkylation sites (N-methyl/N-ethyl adjacent to an activating group) is 1. The average Bonchev–Trinajstić information content (AvgIpc) is 2.12. The topological polar surface area (TPSA) is 29.3 Å². The Morgan fingerprint density at radius 1 is 1.42 bits per heavy atom. The van der Waals surface area contributed by atoms with Crippen molar-refractivity contribution in [3.8, 4) is 0 Å². The van der Waals surface area contributed by atoms with Gasteiger partial charge in [0.1, 0.15) is 0 Å². The zero-order valence-corrected chi connectivity index (χ0v) is 8.38. The molecule has 0 unspecified atom stereocenters. The summed E-state index contributed by atoms with van der Waals surface area (Å²) in [5.74, 6) is 0. The Hall–Kier alpha value is -0.600. The fourth-order valence-corrected chi connectivity index (χ4v) is 1.02. The number of nitrogens with zero attached hydrogens (tertiary/aromatic N) is 1. The molecular weight excluding hydrogens is 148 g/mol. The van der Waals surface area contributed by atoms with E-state index in [1.54, 1.807) is 0 Å². The van der Waals surface area contributed by atoms with Crippen molar-refractivity contribution < 1.29 is 0 Å². The molecule has 0 saturated heterocycles. The average molecular weight is 168 g/mol. The van der Waals surface area contributed by atoms with E-state index in [1.807, 2.05) is 6.92 Å². The fourth-order valence-electron chi connectivity index (χ4n) is 1.02. The molecule has 0 aromatic rings. The minimum atomic E-state index is 0.630. The molecule has 0 fully saturated rings. The molecule has 0 aliphatic carbocycles. The van der Waals surface area contributed by atoms with Crippen LogP contribution in [0.4, 0.5) is 0 Å². The Bertz CT molecular complexity index is 155. The molecule has 0 spiro atoms. The zero-order chi connectivity index (χ0) is 9.40. The molecule has 0 aliphatic rings. The lowest BCUT2D eigenvalue weighted by molar-refractivity contribution is 0.324. The van der Waals surface area contributed by atoms with Crippen LogP contribution in [0.2, 0.25) is 0 Å². The number of hydrogen-bond donors (Lipinski definition) is 1. The van der Waals surface area contributed by atoms with Crippen molar-refractivity contribution in [3.05, 3.63) is 23.8 Å². The Morgan fingerprint density at radius 2 is 2.08 bits per heavy atom. The van der Waals surface area contributed by atoms with Gasteiger partial charge < -0.3 is 5.73 Å². The molecule has 12 heavy (non-hydrogen) atoms. The van der Waals surface area contributed by atoms with Crippen molar-refractivity contribution >= 4 is 0 Å². The van der Waals surface area contributed by atoms with Gasteiger partial charge in [-0.05, 0) is 26.0 Å². The van der Waals surface area contributed by atoms with Gasteiger partial charge in [0.15, 0.2) is 0 Å². The van der Waals surface area contributed by atoms with Gasteiger partial charge in [0, 0.05) is 13.2 Å². The second-order valence-electron chi connectivity index (χ2n) is 2.69. The van der Waals surface area contributed by atoms with Crippen LogP contribution in [0.1, 0.15) is 20.8 Å². The second kappa shape index (κ2) is 7.07. The number of rotatable bonds is 5. The van der Waals surface area contributed by atoms with Crippen molar-refractivity contribution in [3.63, 3.8) is 0 Å². The molecule has 0 radical (unpaired) electrons. The highest BCUT2D eigenvalue weighted by Crippen LogP contribution is 1.99. The van der Waals surface area contributed by atoms with E-state index < -0.39 is 0 Å². The number of nitrogens with two attached hydrogens (primary N) is 1. The summed E-state index contributed by atoms with van der Waals surface area (Å²) in [5, 5.41) is 0. The highest BCUT2D eigenvalue weighted by Gasteiger charge is 1.99. The van der Waals surface area contributed by atoms with Gasteiger partial charge in [0.05, 0.1) is 0 Å².